The van der Waals surface area contributed by atoms with Gasteiger partial charge < -0.3 is 4.74 Å². The molecule has 3 aromatic rings. The highest BCUT2D eigenvalue weighted by molar-refractivity contribution is 5.53. The fourth-order valence-corrected chi connectivity index (χ4v) is 2.02. The van der Waals surface area contributed by atoms with Gasteiger partial charge in [0, 0.05) is 26.4 Å². The summed E-state index contributed by atoms with van der Waals surface area (Å²) in [6.07, 6.45) is 3.06. The largest absolute Gasteiger partial charge is 0.472 e. The number of H-pyrrole nitrogens is 1. The van der Waals surface area contributed by atoms with Crippen LogP contribution in [0.5, 0.6) is 5.88 Å². The molecular weight excluding hydrogens is 288 g/mol. The van der Waals surface area contributed by atoms with E-state index in [1.54, 1.807) is 23.9 Å². The fourth-order valence-electron chi connectivity index (χ4n) is 2.02. The lowest BCUT2D eigenvalue weighted by molar-refractivity contribution is 0.292. The van der Waals surface area contributed by atoms with Gasteiger partial charge in [0.1, 0.15) is 6.61 Å². The summed E-state index contributed by atoms with van der Waals surface area (Å²) in [5, 5.41) is 16.5. The molecule has 22 heavy (non-hydrogen) atoms. The van der Waals surface area contributed by atoms with Crippen LogP contribution in [0.1, 0.15) is 11.3 Å². The third-order valence-corrected chi connectivity index (χ3v) is 3.09. The van der Waals surface area contributed by atoms with Crippen LogP contribution in [0, 0.1) is 0 Å². The summed E-state index contributed by atoms with van der Waals surface area (Å²) >= 11 is 0. The zero-order valence-corrected chi connectivity index (χ0v) is 12.0. The number of aryl methyl sites for hydroxylation is 2. The molecule has 3 heterocycles. The first-order chi connectivity index (χ1) is 11.0. The quantitative estimate of drug-likeness (QED) is 0.690. The minimum atomic E-state index is -0.421. The second-order valence-corrected chi connectivity index (χ2v) is 4.47. The Bertz CT molecular complexity index is 918. The Morgan fingerprint density at radius 1 is 1.45 bits per heavy atom. The Kier molecular flexibility index (Phi) is 3.03. The minimum Gasteiger partial charge on any atom is -0.472 e. The molecule has 0 atom stereocenters. The van der Waals surface area contributed by atoms with Crippen LogP contribution in [-0.4, -0.2) is 39.8 Å². The molecule has 3 aromatic heterocycles. The van der Waals surface area contributed by atoms with Gasteiger partial charge in [0.25, 0.3) is 0 Å². The third-order valence-electron chi connectivity index (χ3n) is 3.09. The highest BCUT2D eigenvalue weighted by Gasteiger charge is 2.20. The third kappa shape index (κ3) is 2.20. The monoisotopic (exact) mass is 304 g/mol. The first-order valence-corrected chi connectivity index (χ1v) is 6.36. The summed E-state index contributed by atoms with van der Waals surface area (Å²) < 4.78 is 16.6. The molecule has 10 nitrogen and oxygen atoms in total. The van der Waals surface area contributed by atoms with Crippen molar-refractivity contribution in [3.63, 3.8) is 0 Å². The summed E-state index contributed by atoms with van der Waals surface area (Å²) in [5.41, 5.74) is 0.878. The zero-order valence-electron chi connectivity index (χ0n) is 13.0. The van der Waals surface area contributed by atoms with Gasteiger partial charge in [-0.15, -0.1) is 9.78 Å². The van der Waals surface area contributed by atoms with Crippen molar-refractivity contribution in [1.82, 2.24) is 39.8 Å². The number of aromatic nitrogens is 8. The predicted octanol–water partition coefficient (Wildman–Crippen LogP) is -0.355. The van der Waals surface area contributed by atoms with Gasteiger partial charge in [-0.3, -0.25) is 9.77 Å². The second kappa shape index (κ2) is 5.31. The predicted molar refractivity (Wildman–Crippen MR) is 76.4 cm³/mol. The van der Waals surface area contributed by atoms with Crippen molar-refractivity contribution in [2.24, 2.45) is 14.1 Å². The lowest BCUT2D eigenvalue weighted by Gasteiger charge is -2.04. The Labute approximate surface area is 126 Å². The van der Waals surface area contributed by atoms with Crippen LogP contribution >= 0.6 is 0 Å². The van der Waals surface area contributed by atoms with Crippen molar-refractivity contribution < 1.29 is 6.15 Å². The Morgan fingerprint density at radius 3 is 2.86 bits per heavy atom. The molecule has 0 saturated carbocycles. The highest BCUT2D eigenvalue weighted by atomic mass is 16.5. The van der Waals surface area contributed by atoms with Gasteiger partial charge in [-0.05, 0) is 16.5 Å². The molecule has 0 fully saturated rings. The summed E-state index contributed by atoms with van der Waals surface area (Å²) in [6.45, 7) is 3.84. The fraction of sp³-hybridized carbons (Fsp3) is 0.250. The maximum Gasteiger partial charge on any atom is 0.369 e. The van der Waals surface area contributed by atoms with Crippen LogP contribution in [-0.2, 0) is 20.7 Å². The molecule has 0 aliphatic carbocycles. The minimum absolute atomic E-state index is 0.0879. The lowest BCUT2D eigenvalue weighted by Crippen LogP contribution is -2.23. The van der Waals surface area contributed by atoms with E-state index in [1.807, 2.05) is 0 Å². The van der Waals surface area contributed by atoms with Crippen LogP contribution in [0.4, 0.5) is 0 Å². The summed E-state index contributed by atoms with van der Waals surface area (Å²) in [7, 11) is 3.23. The molecule has 0 unspecified atom stereocenters. The van der Waals surface area contributed by atoms with Crippen molar-refractivity contribution in [2.45, 2.75) is 6.61 Å². The number of hydrogen-bond acceptors (Lipinski definition) is 6. The average Bonchev–Trinajstić information content (AvgIpc) is 3.17. The van der Waals surface area contributed by atoms with E-state index in [0.717, 1.165) is 14.5 Å². The Balaban J connectivity index is 2.01. The average molecular weight is 304 g/mol. The normalized spacial score (nSPS) is 11.5. The number of tetrazole rings is 1. The van der Waals surface area contributed by atoms with Gasteiger partial charge in [-0.2, -0.15) is 9.78 Å². The van der Waals surface area contributed by atoms with Crippen molar-refractivity contribution in [3.8, 4) is 11.7 Å². The first-order valence-electron chi connectivity index (χ1n) is 6.81. The van der Waals surface area contributed by atoms with Crippen LogP contribution < -0.4 is 10.4 Å². The van der Waals surface area contributed by atoms with Gasteiger partial charge >= 0.3 is 5.69 Å². The molecule has 0 amide bonds. The van der Waals surface area contributed by atoms with E-state index >= 15 is 0 Å². The zero-order chi connectivity index (χ0) is 16.6. The van der Waals surface area contributed by atoms with Crippen LogP contribution in [0.25, 0.3) is 11.9 Å². The maximum absolute atomic E-state index is 12.1. The van der Waals surface area contributed by atoms with Crippen molar-refractivity contribution in [3.05, 3.63) is 40.6 Å². The van der Waals surface area contributed by atoms with Gasteiger partial charge in [0.2, 0.25) is 5.88 Å². The maximum atomic E-state index is 12.1. The molecule has 0 radical (unpaired) electrons. The molecule has 1 N–H and O–H groups in total. The smallest absolute Gasteiger partial charge is 0.369 e. The van der Waals surface area contributed by atoms with Crippen LogP contribution in [0.15, 0.2) is 23.6 Å². The number of aromatic amines is 1. The van der Waals surface area contributed by atoms with Gasteiger partial charge in [0.15, 0.2) is 7.23 Å². The molecule has 0 aromatic carbocycles. The molecule has 10 heteroatoms. The molecule has 0 saturated heterocycles. The molecule has 3 rings (SSSR count). The van der Waals surface area contributed by atoms with E-state index in [1.165, 1.54) is 13.2 Å². The summed E-state index contributed by atoms with van der Waals surface area (Å²) in [5.74, 6) is 0.599. The van der Waals surface area contributed by atoms with Gasteiger partial charge in [0.05, 0.1) is 11.3 Å². The SMILES string of the molecule is [3H]n1ccc(OCc2c(-n3nnn(C)c3=O)nn(C)c2C=C)n1. The van der Waals surface area contributed by atoms with Crippen LogP contribution in [0.3, 0.4) is 0 Å². The number of nitrogens with zero attached hydrogens (tertiary/aromatic N) is 7. The topological polar surface area (TPSA) is 108 Å². The van der Waals surface area contributed by atoms with Crippen LogP contribution in [0.2, 0.25) is 1.41 Å². The highest BCUT2D eigenvalue weighted by Crippen LogP contribution is 2.19. The number of rotatable bonds is 5. The molecule has 0 aliphatic heterocycles. The van der Waals surface area contributed by atoms with E-state index in [2.05, 4.69) is 27.2 Å². The molecule has 0 aliphatic rings. The number of ether oxygens (including phenoxy) is 1. The standard InChI is InChI=1S/C12H14N8O2/c1-4-9-8(7-22-10-5-6-13-14-10)11(15-18(9)2)20-12(21)19(3)16-17-20/h4-6H,1,7H2,2-3H3,(H,13,14)/i/hT. The first kappa shape index (κ1) is 12.6. The molecular formula is C12H14N8O2. The summed E-state index contributed by atoms with van der Waals surface area (Å²) in [4.78, 5) is 12.1. The van der Waals surface area contributed by atoms with Gasteiger partial charge in [-0.1, -0.05) is 6.58 Å². The van der Waals surface area contributed by atoms with Crippen molar-refractivity contribution in [2.75, 3.05) is 0 Å². The summed E-state index contributed by atoms with van der Waals surface area (Å²) in [6, 6.07) is 1.56. The van der Waals surface area contributed by atoms with E-state index in [9.17, 15) is 4.79 Å². The number of nitrogens with one attached hydrogen (secondary N) is 1. The molecule has 0 spiro atoms. The number of hydrogen-bond donors (Lipinski definition) is 1. The Hall–Kier alpha value is -3.17. The van der Waals surface area contributed by atoms with E-state index < -0.39 is 5.69 Å². The van der Waals surface area contributed by atoms with E-state index in [-0.39, 0.29) is 12.5 Å². The van der Waals surface area contributed by atoms with Crippen molar-refractivity contribution in [1.29, 1.82) is 0 Å². The van der Waals surface area contributed by atoms with Crippen molar-refractivity contribution >= 4 is 6.08 Å². The molecule has 114 valence electrons. The Morgan fingerprint density at radius 2 is 2.27 bits per heavy atom. The molecule has 0 bridgehead atoms. The van der Waals surface area contributed by atoms with E-state index in [0.29, 0.717) is 17.1 Å². The lowest BCUT2D eigenvalue weighted by atomic mass is 10.2. The van der Waals surface area contributed by atoms with E-state index in [4.69, 9.17) is 6.15 Å². The second-order valence-electron chi connectivity index (χ2n) is 4.47. The van der Waals surface area contributed by atoms with Gasteiger partial charge in [-0.25, -0.2) is 4.79 Å².